The van der Waals surface area contributed by atoms with Gasteiger partial charge in [-0.25, -0.2) is 4.68 Å². The first-order valence-electron chi connectivity index (χ1n) is 9.41. The highest BCUT2D eigenvalue weighted by Crippen LogP contribution is 2.11. The quantitative estimate of drug-likeness (QED) is 0.633. The summed E-state index contributed by atoms with van der Waals surface area (Å²) in [5, 5.41) is 10.1. The van der Waals surface area contributed by atoms with Gasteiger partial charge in [-0.1, -0.05) is 5.21 Å². The van der Waals surface area contributed by atoms with E-state index in [0.717, 1.165) is 18.8 Å². The maximum atomic E-state index is 12.9. The molecule has 0 aliphatic carbocycles. The van der Waals surface area contributed by atoms with Crippen molar-refractivity contribution in [2.45, 2.75) is 18.9 Å². The lowest BCUT2D eigenvalue weighted by molar-refractivity contribution is -0.135. The van der Waals surface area contributed by atoms with E-state index < -0.39 is 6.04 Å². The standard InChI is InChI=1S/C19H24N6O3S/c1-23-10-12-24(13-11-23)19(28)16(6-7-17(26)29)21-18(27)14-2-4-15(5-3-14)25-9-8-20-22-25/h2-5,8-9,16H,6-7,10-13H2,1H3,(H,21,27)(H,26,29)/t16-/m0/s1. The predicted octanol–water partition coefficient (Wildman–Crippen LogP) is 0.376. The van der Waals surface area contributed by atoms with E-state index in [-0.39, 0.29) is 29.8 Å². The fourth-order valence-electron chi connectivity index (χ4n) is 3.13. The molecule has 0 unspecified atom stereocenters. The van der Waals surface area contributed by atoms with Crippen LogP contribution in [0.5, 0.6) is 0 Å². The number of carbonyl (C=O) groups excluding carboxylic acids is 3. The lowest BCUT2D eigenvalue weighted by atomic mass is 10.1. The zero-order chi connectivity index (χ0) is 20.8. The van der Waals surface area contributed by atoms with Crippen LogP contribution in [0.2, 0.25) is 0 Å². The largest absolute Gasteiger partial charge is 0.340 e. The van der Waals surface area contributed by atoms with Gasteiger partial charge in [-0.2, -0.15) is 0 Å². The Morgan fingerprint density at radius 2 is 1.83 bits per heavy atom. The number of amides is 2. The second-order valence-corrected chi connectivity index (χ2v) is 7.48. The van der Waals surface area contributed by atoms with Gasteiger partial charge in [-0.3, -0.25) is 14.4 Å². The molecule has 2 amide bonds. The van der Waals surface area contributed by atoms with Crippen LogP contribution in [0, 0.1) is 0 Å². The maximum absolute atomic E-state index is 12.9. The average molecular weight is 417 g/mol. The minimum absolute atomic E-state index is 0.110. The van der Waals surface area contributed by atoms with Crippen LogP contribution in [0.15, 0.2) is 36.7 Å². The van der Waals surface area contributed by atoms with Crippen LogP contribution < -0.4 is 5.32 Å². The molecule has 1 aliphatic heterocycles. The van der Waals surface area contributed by atoms with E-state index in [9.17, 15) is 14.4 Å². The monoisotopic (exact) mass is 416 g/mol. The second kappa shape index (κ2) is 9.66. The van der Waals surface area contributed by atoms with Gasteiger partial charge in [0.1, 0.15) is 6.04 Å². The third-order valence-electron chi connectivity index (χ3n) is 4.88. The molecule has 1 aliphatic rings. The van der Waals surface area contributed by atoms with Gasteiger partial charge in [0.05, 0.1) is 18.1 Å². The molecule has 154 valence electrons. The van der Waals surface area contributed by atoms with Gasteiger partial charge in [-0.05, 0) is 37.7 Å². The first-order valence-corrected chi connectivity index (χ1v) is 9.85. The summed E-state index contributed by atoms with van der Waals surface area (Å²) in [6.07, 6.45) is 3.60. The molecule has 1 saturated heterocycles. The number of rotatable bonds is 7. The molecule has 1 fully saturated rings. The minimum atomic E-state index is -0.767. The molecule has 1 aromatic heterocycles. The minimum Gasteiger partial charge on any atom is -0.340 e. The van der Waals surface area contributed by atoms with Crippen LogP contribution >= 0.6 is 12.6 Å². The van der Waals surface area contributed by atoms with Gasteiger partial charge in [-0.15, -0.1) is 17.7 Å². The van der Waals surface area contributed by atoms with Crippen molar-refractivity contribution in [1.82, 2.24) is 30.1 Å². The highest BCUT2D eigenvalue weighted by molar-refractivity contribution is 7.96. The zero-order valence-electron chi connectivity index (χ0n) is 16.2. The SMILES string of the molecule is CN1CCN(C(=O)[C@H](CCC(=O)S)NC(=O)c2ccc(-n3ccnn3)cc2)CC1. The van der Waals surface area contributed by atoms with Crippen LogP contribution in [0.1, 0.15) is 23.2 Å². The Bertz CT molecular complexity index is 847. The lowest BCUT2D eigenvalue weighted by Gasteiger charge is -2.34. The molecule has 3 rings (SSSR count). The van der Waals surface area contributed by atoms with Crippen molar-refractivity contribution in [3.8, 4) is 5.69 Å². The van der Waals surface area contributed by atoms with Crippen LogP contribution in [0.3, 0.4) is 0 Å². The fourth-order valence-corrected chi connectivity index (χ4v) is 3.25. The number of aromatic nitrogens is 3. The summed E-state index contributed by atoms with van der Waals surface area (Å²) in [5.41, 5.74) is 1.19. The van der Waals surface area contributed by atoms with E-state index in [1.165, 1.54) is 0 Å². The summed E-state index contributed by atoms with van der Waals surface area (Å²) >= 11 is 3.78. The van der Waals surface area contributed by atoms with E-state index in [4.69, 9.17) is 0 Å². The number of likely N-dealkylation sites (N-methyl/N-ethyl adjacent to an activating group) is 1. The molecule has 1 N–H and O–H groups in total. The predicted molar refractivity (Wildman–Crippen MR) is 110 cm³/mol. The molecule has 29 heavy (non-hydrogen) atoms. The molecule has 2 aromatic rings. The van der Waals surface area contributed by atoms with Gasteiger partial charge in [0, 0.05) is 38.2 Å². The molecule has 0 saturated carbocycles. The number of nitrogens with zero attached hydrogens (tertiary/aromatic N) is 5. The lowest BCUT2D eigenvalue weighted by Crippen LogP contribution is -2.54. The third-order valence-corrected chi connectivity index (χ3v) is 5.11. The Hall–Kier alpha value is -2.72. The summed E-state index contributed by atoms with van der Waals surface area (Å²) in [5.74, 6) is -0.533. The second-order valence-electron chi connectivity index (χ2n) is 6.98. The van der Waals surface area contributed by atoms with Crippen LogP contribution in [-0.2, 0) is 9.59 Å². The Labute approximate surface area is 174 Å². The van der Waals surface area contributed by atoms with E-state index in [1.807, 2.05) is 7.05 Å². The molecule has 10 heteroatoms. The fraction of sp³-hybridized carbons (Fsp3) is 0.421. The van der Waals surface area contributed by atoms with Gasteiger partial charge in [0.2, 0.25) is 5.91 Å². The number of benzene rings is 1. The number of nitrogens with one attached hydrogen (secondary N) is 1. The Morgan fingerprint density at radius 3 is 2.41 bits per heavy atom. The molecule has 9 nitrogen and oxygen atoms in total. The number of hydrogen-bond acceptors (Lipinski definition) is 6. The topological polar surface area (TPSA) is 100 Å². The van der Waals surface area contributed by atoms with Crippen molar-refractivity contribution in [2.24, 2.45) is 0 Å². The molecular formula is C19H24N6O3S. The third kappa shape index (κ3) is 5.64. The first-order chi connectivity index (χ1) is 13.9. The summed E-state index contributed by atoms with van der Waals surface area (Å²) in [6.45, 7) is 2.76. The smallest absolute Gasteiger partial charge is 0.251 e. The normalized spacial score (nSPS) is 15.7. The molecule has 0 bridgehead atoms. The van der Waals surface area contributed by atoms with Crippen molar-refractivity contribution >= 4 is 29.6 Å². The Morgan fingerprint density at radius 1 is 1.14 bits per heavy atom. The van der Waals surface area contributed by atoms with E-state index in [0.29, 0.717) is 18.7 Å². The first kappa shape index (κ1) is 21.0. The Kier molecular flexibility index (Phi) is 6.99. The van der Waals surface area contributed by atoms with E-state index >= 15 is 0 Å². The summed E-state index contributed by atoms with van der Waals surface area (Å²) < 4.78 is 1.58. The van der Waals surface area contributed by atoms with Crippen LogP contribution in [0.25, 0.3) is 5.69 Å². The summed E-state index contributed by atoms with van der Waals surface area (Å²) in [6, 6.07) is 6.05. The zero-order valence-corrected chi connectivity index (χ0v) is 17.1. The molecule has 0 spiro atoms. The number of carbonyl (C=O) groups is 3. The van der Waals surface area contributed by atoms with Crippen LogP contribution in [0.4, 0.5) is 0 Å². The highest BCUT2D eigenvalue weighted by atomic mass is 32.1. The number of hydrogen-bond donors (Lipinski definition) is 2. The van der Waals surface area contributed by atoms with Crippen molar-refractivity contribution in [1.29, 1.82) is 0 Å². The van der Waals surface area contributed by atoms with Gasteiger partial charge >= 0.3 is 0 Å². The Balaban J connectivity index is 1.68. The van der Waals surface area contributed by atoms with Crippen molar-refractivity contribution in [3.05, 3.63) is 42.2 Å². The highest BCUT2D eigenvalue weighted by Gasteiger charge is 2.28. The van der Waals surface area contributed by atoms with E-state index in [1.54, 1.807) is 46.2 Å². The van der Waals surface area contributed by atoms with E-state index in [2.05, 4.69) is 33.2 Å². The van der Waals surface area contributed by atoms with Gasteiger partial charge in [0.25, 0.3) is 5.91 Å². The number of thiol groups is 1. The molecule has 1 atom stereocenters. The van der Waals surface area contributed by atoms with Crippen LogP contribution in [-0.4, -0.2) is 81.0 Å². The van der Waals surface area contributed by atoms with Gasteiger partial charge in [0.15, 0.2) is 5.12 Å². The molecule has 2 heterocycles. The molecule has 0 radical (unpaired) electrons. The number of piperazine rings is 1. The van der Waals surface area contributed by atoms with Crippen molar-refractivity contribution in [3.63, 3.8) is 0 Å². The van der Waals surface area contributed by atoms with Gasteiger partial charge < -0.3 is 15.1 Å². The van der Waals surface area contributed by atoms with Crippen molar-refractivity contribution < 1.29 is 14.4 Å². The maximum Gasteiger partial charge on any atom is 0.251 e. The summed E-state index contributed by atoms with van der Waals surface area (Å²) in [7, 11) is 2.00. The van der Waals surface area contributed by atoms with Crippen molar-refractivity contribution in [2.75, 3.05) is 33.2 Å². The average Bonchev–Trinajstić information content (AvgIpc) is 3.26. The molecular weight excluding hydrogens is 392 g/mol. The molecule has 1 aromatic carbocycles. The summed E-state index contributed by atoms with van der Waals surface area (Å²) in [4.78, 5) is 40.8.